The van der Waals surface area contributed by atoms with Crippen molar-refractivity contribution in [2.75, 3.05) is 6.61 Å². The minimum Gasteiger partial charge on any atom is -0.494 e. The van der Waals surface area contributed by atoms with Gasteiger partial charge in [0.1, 0.15) is 5.75 Å². The summed E-state index contributed by atoms with van der Waals surface area (Å²) in [4.78, 5) is 11.5. The van der Waals surface area contributed by atoms with Crippen LogP contribution in [0.4, 0.5) is 0 Å². The second-order valence-electron chi connectivity index (χ2n) is 3.99. The number of nitrogens with one attached hydrogen (secondary N) is 1. The Labute approximate surface area is 114 Å². The van der Waals surface area contributed by atoms with Crippen LogP contribution < -0.4 is 15.8 Å². The molecule has 0 saturated carbocycles. The van der Waals surface area contributed by atoms with Crippen molar-refractivity contribution in [3.63, 3.8) is 0 Å². The first-order chi connectivity index (χ1) is 8.06. The van der Waals surface area contributed by atoms with Crippen LogP contribution in [0.3, 0.4) is 0 Å². The van der Waals surface area contributed by atoms with Crippen molar-refractivity contribution < 1.29 is 9.53 Å². The summed E-state index contributed by atoms with van der Waals surface area (Å²) in [5.74, 6) is 0.635. The average Bonchev–Trinajstić information content (AvgIpc) is 2.29. The number of halogens is 1. The number of rotatable bonds is 5. The lowest BCUT2D eigenvalue weighted by molar-refractivity contribution is -0.122. The van der Waals surface area contributed by atoms with Gasteiger partial charge in [-0.1, -0.05) is 18.2 Å². The molecular weight excluding hydrogens is 252 g/mol. The van der Waals surface area contributed by atoms with Crippen molar-refractivity contribution in [2.45, 2.75) is 32.9 Å². The van der Waals surface area contributed by atoms with Gasteiger partial charge in [0.2, 0.25) is 5.91 Å². The summed E-state index contributed by atoms with van der Waals surface area (Å²) in [5.41, 5.74) is 6.48. The van der Waals surface area contributed by atoms with E-state index in [2.05, 4.69) is 5.32 Å². The lowest BCUT2D eigenvalue weighted by Crippen LogP contribution is -2.39. The Morgan fingerprint density at radius 2 is 2.00 bits per heavy atom. The van der Waals surface area contributed by atoms with E-state index in [0.717, 1.165) is 11.3 Å². The Bertz CT molecular complexity index is 383. The molecule has 1 unspecified atom stereocenters. The van der Waals surface area contributed by atoms with Gasteiger partial charge >= 0.3 is 0 Å². The van der Waals surface area contributed by atoms with Crippen LogP contribution in [0.1, 0.15) is 32.4 Å². The summed E-state index contributed by atoms with van der Waals surface area (Å²) >= 11 is 0. The number of ether oxygens (including phenoxy) is 1. The molecule has 0 bridgehead atoms. The van der Waals surface area contributed by atoms with Crippen LogP contribution in [-0.2, 0) is 4.79 Å². The summed E-state index contributed by atoms with van der Waals surface area (Å²) in [6.45, 7) is 6.11. The number of amides is 1. The van der Waals surface area contributed by atoms with Crippen LogP contribution >= 0.6 is 12.4 Å². The van der Waals surface area contributed by atoms with Gasteiger partial charge in [0, 0.05) is 5.56 Å². The molecule has 4 nitrogen and oxygen atoms in total. The lowest BCUT2D eigenvalue weighted by atomic mass is 10.1. The minimum absolute atomic E-state index is 0. The average molecular weight is 273 g/mol. The molecule has 0 aromatic heterocycles. The van der Waals surface area contributed by atoms with Gasteiger partial charge in [-0.25, -0.2) is 0 Å². The van der Waals surface area contributed by atoms with E-state index in [-0.39, 0.29) is 24.4 Å². The Hall–Kier alpha value is -1.26. The fourth-order valence-electron chi connectivity index (χ4n) is 1.55. The van der Waals surface area contributed by atoms with Gasteiger partial charge in [0.15, 0.2) is 0 Å². The standard InChI is InChI=1S/C13H20N2O2.ClH/c1-4-17-12-8-6-5-7-11(12)10(3)15-13(16)9(2)14;/h5-10H,4,14H2,1-3H3,(H,15,16);1H/t9-,10?;/m1./s1. The highest BCUT2D eigenvalue weighted by molar-refractivity contribution is 5.85. The van der Waals surface area contributed by atoms with E-state index in [1.54, 1.807) is 6.92 Å². The van der Waals surface area contributed by atoms with Crippen LogP contribution in [0, 0.1) is 0 Å². The quantitative estimate of drug-likeness (QED) is 0.862. The van der Waals surface area contributed by atoms with Crippen molar-refractivity contribution >= 4 is 18.3 Å². The van der Waals surface area contributed by atoms with Crippen molar-refractivity contribution in [1.29, 1.82) is 0 Å². The second-order valence-corrected chi connectivity index (χ2v) is 3.99. The Balaban J connectivity index is 0.00000289. The minimum atomic E-state index is -0.503. The Kier molecular flexibility index (Phi) is 7.39. The molecule has 1 aromatic carbocycles. The van der Waals surface area contributed by atoms with Crippen molar-refractivity contribution in [1.82, 2.24) is 5.32 Å². The molecule has 3 N–H and O–H groups in total. The Morgan fingerprint density at radius 3 is 2.56 bits per heavy atom. The van der Waals surface area contributed by atoms with Crippen molar-refractivity contribution in [3.8, 4) is 5.75 Å². The highest BCUT2D eigenvalue weighted by Crippen LogP contribution is 2.24. The monoisotopic (exact) mass is 272 g/mol. The molecular formula is C13H21ClN2O2. The van der Waals surface area contributed by atoms with Gasteiger partial charge in [0.05, 0.1) is 18.7 Å². The van der Waals surface area contributed by atoms with Gasteiger partial charge in [-0.05, 0) is 26.8 Å². The van der Waals surface area contributed by atoms with Gasteiger partial charge in [-0.15, -0.1) is 12.4 Å². The van der Waals surface area contributed by atoms with Crippen LogP contribution in [0.25, 0.3) is 0 Å². The van der Waals surface area contributed by atoms with Gasteiger partial charge in [-0.3, -0.25) is 4.79 Å². The smallest absolute Gasteiger partial charge is 0.237 e. The van der Waals surface area contributed by atoms with E-state index < -0.39 is 6.04 Å². The predicted molar refractivity (Wildman–Crippen MR) is 75.1 cm³/mol. The van der Waals surface area contributed by atoms with Crippen molar-refractivity contribution in [2.24, 2.45) is 5.73 Å². The summed E-state index contributed by atoms with van der Waals surface area (Å²) in [6, 6.07) is 7.05. The zero-order valence-corrected chi connectivity index (χ0v) is 11.8. The number of para-hydroxylation sites is 1. The van der Waals surface area contributed by atoms with E-state index in [1.807, 2.05) is 38.1 Å². The van der Waals surface area contributed by atoms with E-state index in [1.165, 1.54) is 0 Å². The fraction of sp³-hybridized carbons (Fsp3) is 0.462. The van der Waals surface area contributed by atoms with E-state index >= 15 is 0 Å². The number of carbonyl (C=O) groups excluding carboxylic acids is 1. The molecule has 2 atom stereocenters. The topological polar surface area (TPSA) is 64.3 Å². The molecule has 18 heavy (non-hydrogen) atoms. The maximum absolute atomic E-state index is 11.5. The fourth-order valence-corrected chi connectivity index (χ4v) is 1.55. The normalized spacial score (nSPS) is 13.1. The molecule has 0 aliphatic heterocycles. The molecule has 5 heteroatoms. The third kappa shape index (κ3) is 4.55. The highest BCUT2D eigenvalue weighted by atomic mass is 35.5. The molecule has 0 heterocycles. The lowest BCUT2D eigenvalue weighted by Gasteiger charge is -2.18. The first kappa shape index (κ1) is 16.7. The molecule has 102 valence electrons. The first-order valence-electron chi connectivity index (χ1n) is 5.84. The molecule has 0 fully saturated rings. The van der Waals surface area contributed by atoms with E-state index in [0.29, 0.717) is 6.61 Å². The molecule has 0 spiro atoms. The number of carbonyl (C=O) groups is 1. The molecule has 1 amide bonds. The molecule has 1 rings (SSSR count). The van der Waals surface area contributed by atoms with Crippen LogP contribution in [0.5, 0.6) is 5.75 Å². The highest BCUT2D eigenvalue weighted by Gasteiger charge is 2.15. The third-order valence-corrected chi connectivity index (χ3v) is 2.46. The first-order valence-corrected chi connectivity index (χ1v) is 5.84. The van der Waals surface area contributed by atoms with E-state index in [4.69, 9.17) is 10.5 Å². The van der Waals surface area contributed by atoms with Crippen molar-refractivity contribution in [3.05, 3.63) is 29.8 Å². The predicted octanol–water partition coefficient (Wildman–Crippen LogP) is 2.03. The summed E-state index contributed by atoms with van der Waals surface area (Å²) in [5, 5.41) is 2.85. The summed E-state index contributed by atoms with van der Waals surface area (Å²) in [7, 11) is 0. The zero-order valence-electron chi connectivity index (χ0n) is 11.0. The Morgan fingerprint density at radius 1 is 1.39 bits per heavy atom. The number of hydrogen-bond donors (Lipinski definition) is 2. The molecule has 0 saturated heterocycles. The largest absolute Gasteiger partial charge is 0.494 e. The molecule has 0 radical (unpaired) electrons. The van der Waals surface area contributed by atoms with Gasteiger partial charge < -0.3 is 15.8 Å². The second kappa shape index (κ2) is 7.95. The molecule has 0 aliphatic carbocycles. The summed E-state index contributed by atoms with van der Waals surface area (Å²) < 4.78 is 5.52. The third-order valence-electron chi connectivity index (χ3n) is 2.46. The number of nitrogens with two attached hydrogens (primary N) is 1. The zero-order chi connectivity index (χ0) is 12.8. The van der Waals surface area contributed by atoms with E-state index in [9.17, 15) is 4.79 Å². The SMILES string of the molecule is CCOc1ccccc1C(C)NC(=O)[C@@H](C)N.Cl. The summed E-state index contributed by atoms with van der Waals surface area (Å²) in [6.07, 6.45) is 0. The van der Waals surface area contributed by atoms with Crippen LogP contribution in [0.15, 0.2) is 24.3 Å². The number of hydrogen-bond acceptors (Lipinski definition) is 3. The molecule has 1 aromatic rings. The maximum atomic E-state index is 11.5. The van der Waals surface area contributed by atoms with Crippen LogP contribution in [0.2, 0.25) is 0 Å². The van der Waals surface area contributed by atoms with Gasteiger partial charge in [-0.2, -0.15) is 0 Å². The molecule has 0 aliphatic rings. The van der Waals surface area contributed by atoms with Gasteiger partial charge in [0.25, 0.3) is 0 Å². The maximum Gasteiger partial charge on any atom is 0.237 e. The number of benzene rings is 1. The van der Waals surface area contributed by atoms with Crippen LogP contribution in [-0.4, -0.2) is 18.6 Å².